The molecule has 0 aliphatic heterocycles. The van der Waals surface area contributed by atoms with Crippen LogP contribution in [0, 0.1) is 5.82 Å². The van der Waals surface area contributed by atoms with Gasteiger partial charge < -0.3 is 5.32 Å². The molecule has 1 aromatic carbocycles. The zero-order valence-electron chi connectivity index (χ0n) is 12.1. The van der Waals surface area contributed by atoms with E-state index < -0.39 is 0 Å². The molecule has 108 valence electrons. The molecular weight excluding hydrogens is 253 g/mol. The van der Waals surface area contributed by atoms with Crippen LogP contribution in [-0.2, 0) is 13.5 Å². The summed E-state index contributed by atoms with van der Waals surface area (Å²) in [6, 6.07) is 9.08. The number of hydrogen-bond acceptors (Lipinski definition) is 2. The van der Waals surface area contributed by atoms with Crippen molar-refractivity contribution in [3.05, 3.63) is 53.6 Å². The van der Waals surface area contributed by atoms with E-state index >= 15 is 0 Å². The number of aromatic nitrogens is 2. The minimum atomic E-state index is -0.175. The van der Waals surface area contributed by atoms with Crippen LogP contribution in [0.4, 0.5) is 4.39 Å². The molecule has 2 rings (SSSR count). The molecule has 0 saturated heterocycles. The van der Waals surface area contributed by atoms with Gasteiger partial charge in [-0.15, -0.1) is 0 Å². The van der Waals surface area contributed by atoms with Gasteiger partial charge in [-0.1, -0.05) is 19.1 Å². The van der Waals surface area contributed by atoms with Crippen LogP contribution < -0.4 is 5.32 Å². The highest BCUT2D eigenvalue weighted by atomic mass is 19.1. The quantitative estimate of drug-likeness (QED) is 0.840. The molecule has 1 heterocycles. The fourth-order valence-electron chi connectivity index (χ4n) is 2.37. The molecule has 20 heavy (non-hydrogen) atoms. The topological polar surface area (TPSA) is 29.9 Å². The first-order valence-corrected chi connectivity index (χ1v) is 7.16. The second-order valence-corrected chi connectivity index (χ2v) is 5.05. The maximum absolute atomic E-state index is 13.4. The molecule has 0 bridgehead atoms. The maximum Gasteiger partial charge on any atom is 0.123 e. The van der Waals surface area contributed by atoms with Crippen LogP contribution in [0.2, 0.25) is 0 Å². The Bertz CT molecular complexity index is 536. The van der Waals surface area contributed by atoms with Crippen LogP contribution in [0.25, 0.3) is 0 Å². The third-order valence-corrected chi connectivity index (χ3v) is 3.50. The second-order valence-electron chi connectivity index (χ2n) is 5.05. The largest absolute Gasteiger partial charge is 0.310 e. The molecule has 1 unspecified atom stereocenters. The van der Waals surface area contributed by atoms with Gasteiger partial charge in [-0.25, -0.2) is 4.39 Å². The Balaban J connectivity index is 2.05. The van der Waals surface area contributed by atoms with E-state index in [2.05, 4.69) is 17.3 Å². The van der Waals surface area contributed by atoms with Crippen LogP contribution in [0.1, 0.15) is 37.1 Å². The van der Waals surface area contributed by atoms with Gasteiger partial charge in [-0.05, 0) is 49.6 Å². The Morgan fingerprint density at radius 2 is 2.20 bits per heavy atom. The minimum Gasteiger partial charge on any atom is -0.310 e. The van der Waals surface area contributed by atoms with Crippen molar-refractivity contribution in [2.24, 2.45) is 7.05 Å². The fourth-order valence-corrected chi connectivity index (χ4v) is 2.37. The third kappa shape index (κ3) is 3.90. The van der Waals surface area contributed by atoms with Crippen molar-refractivity contribution in [1.82, 2.24) is 15.1 Å². The minimum absolute atomic E-state index is 0.175. The van der Waals surface area contributed by atoms with Crippen LogP contribution in [0.15, 0.2) is 36.5 Å². The number of nitrogens with one attached hydrogen (secondary N) is 1. The SMILES string of the molecule is CCCNC(CCc1ccnn1C)c1cccc(F)c1. The van der Waals surface area contributed by atoms with Crippen molar-refractivity contribution in [3.63, 3.8) is 0 Å². The van der Waals surface area contributed by atoms with E-state index in [-0.39, 0.29) is 11.9 Å². The molecule has 0 amide bonds. The van der Waals surface area contributed by atoms with E-state index in [1.165, 1.54) is 11.8 Å². The summed E-state index contributed by atoms with van der Waals surface area (Å²) < 4.78 is 15.3. The Kier molecular flexibility index (Phi) is 5.30. The van der Waals surface area contributed by atoms with Crippen LogP contribution in [0.5, 0.6) is 0 Å². The molecule has 1 aromatic heterocycles. The molecule has 2 aromatic rings. The molecule has 0 aliphatic carbocycles. The number of nitrogens with zero attached hydrogens (tertiary/aromatic N) is 2. The smallest absolute Gasteiger partial charge is 0.123 e. The molecule has 1 N–H and O–H groups in total. The van der Waals surface area contributed by atoms with Gasteiger partial charge in [-0.3, -0.25) is 4.68 Å². The fraction of sp³-hybridized carbons (Fsp3) is 0.438. The average molecular weight is 275 g/mol. The average Bonchev–Trinajstić information content (AvgIpc) is 2.84. The van der Waals surface area contributed by atoms with Crippen LogP contribution >= 0.6 is 0 Å². The molecule has 0 spiro atoms. The molecule has 0 radical (unpaired) electrons. The number of benzene rings is 1. The van der Waals surface area contributed by atoms with E-state index in [0.29, 0.717) is 0 Å². The van der Waals surface area contributed by atoms with Crippen molar-refractivity contribution in [3.8, 4) is 0 Å². The van der Waals surface area contributed by atoms with Gasteiger partial charge in [0.2, 0.25) is 0 Å². The summed E-state index contributed by atoms with van der Waals surface area (Å²) in [6.07, 6.45) is 4.74. The number of hydrogen-bond donors (Lipinski definition) is 1. The monoisotopic (exact) mass is 275 g/mol. The van der Waals surface area contributed by atoms with Gasteiger partial charge in [0.25, 0.3) is 0 Å². The van der Waals surface area contributed by atoms with Crippen molar-refractivity contribution in [2.45, 2.75) is 32.2 Å². The van der Waals surface area contributed by atoms with E-state index in [4.69, 9.17) is 0 Å². The lowest BCUT2D eigenvalue weighted by atomic mass is 10.0. The van der Waals surface area contributed by atoms with Gasteiger partial charge >= 0.3 is 0 Å². The highest BCUT2D eigenvalue weighted by molar-refractivity contribution is 5.20. The molecule has 0 fully saturated rings. The first kappa shape index (κ1) is 14.7. The molecular formula is C16H22FN3. The molecule has 1 atom stereocenters. The van der Waals surface area contributed by atoms with Crippen molar-refractivity contribution in [2.75, 3.05) is 6.54 Å². The van der Waals surface area contributed by atoms with Crippen molar-refractivity contribution < 1.29 is 4.39 Å². The van der Waals surface area contributed by atoms with E-state index in [1.807, 2.05) is 30.1 Å². The van der Waals surface area contributed by atoms with Gasteiger partial charge in [0.15, 0.2) is 0 Å². The first-order chi connectivity index (χ1) is 9.70. The summed E-state index contributed by atoms with van der Waals surface area (Å²) in [5.41, 5.74) is 2.21. The summed E-state index contributed by atoms with van der Waals surface area (Å²) >= 11 is 0. The summed E-state index contributed by atoms with van der Waals surface area (Å²) in [6.45, 7) is 3.07. The predicted molar refractivity (Wildman–Crippen MR) is 79.0 cm³/mol. The molecule has 0 aliphatic rings. The number of halogens is 1. The molecule has 4 heteroatoms. The second kappa shape index (κ2) is 7.20. The summed E-state index contributed by atoms with van der Waals surface area (Å²) in [5, 5.41) is 7.68. The van der Waals surface area contributed by atoms with Gasteiger partial charge in [0.1, 0.15) is 5.82 Å². The lowest BCUT2D eigenvalue weighted by Crippen LogP contribution is -2.23. The Morgan fingerprint density at radius 1 is 1.35 bits per heavy atom. The van der Waals surface area contributed by atoms with Crippen molar-refractivity contribution in [1.29, 1.82) is 0 Å². The van der Waals surface area contributed by atoms with Crippen molar-refractivity contribution >= 4 is 0 Å². The third-order valence-electron chi connectivity index (χ3n) is 3.50. The zero-order chi connectivity index (χ0) is 14.4. The van der Waals surface area contributed by atoms with Gasteiger partial charge in [-0.2, -0.15) is 5.10 Å². The van der Waals surface area contributed by atoms with E-state index in [9.17, 15) is 4.39 Å². The van der Waals surface area contributed by atoms with E-state index in [0.717, 1.165) is 31.4 Å². The number of rotatable bonds is 7. The predicted octanol–water partition coefficient (Wildman–Crippen LogP) is 3.23. The summed E-state index contributed by atoms with van der Waals surface area (Å²) in [5.74, 6) is -0.175. The molecule has 0 saturated carbocycles. The molecule has 3 nitrogen and oxygen atoms in total. The summed E-state index contributed by atoms with van der Waals surface area (Å²) in [7, 11) is 1.95. The normalized spacial score (nSPS) is 12.6. The van der Waals surface area contributed by atoms with Gasteiger partial charge in [0.05, 0.1) is 0 Å². The summed E-state index contributed by atoms with van der Waals surface area (Å²) in [4.78, 5) is 0. The standard InChI is InChI=1S/C16H22FN3/c1-3-10-18-16(13-5-4-6-14(17)12-13)8-7-15-9-11-19-20(15)2/h4-6,9,11-12,16,18H,3,7-8,10H2,1-2H3. The lowest BCUT2D eigenvalue weighted by Gasteiger charge is -2.19. The number of aryl methyl sites for hydroxylation is 2. The zero-order valence-corrected chi connectivity index (χ0v) is 12.1. The highest BCUT2D eigenvalue weighted by Crippen LogP contribution is 2.20. The lowest BCUT2D eigenvalue weighted by molar-refractivity contribution is 0.488. The highest BCUT2D eigenvalue weighted by Gasteiger charge is 2.12. The van der Waals surface area contributed by atoms with E-state index in [1.54, 1.807) is 12.1 Å². The van der Waals surface area contributed by atoms with Crippen LogP contribution in [-0.4, -0.2) is 16.3 Å². The first-order valence-electron chi connectivity index (χ1n) is 7.16. The van der Waals surface area contributed by atoms with Gasteiger partial charge in [0, 0.05) is 25.0 Å². The maximum atomic E-state index is 13.4. The Morgan fingerprint density at radius 3 is 2.85 bits per heavy atom. The Labute approximate surface area is 119 Å². The Hall–Kier alpha value is -1.68. The van der Waals surface area contributed by atoms with Crippen LogP contribution in [0.3, 0.4) is 0 Å².